The van der Waals surface area contributed by atoms with E-state index in [4.69, 9.17) is 9.47 Å². The van der Waals surface area contributed by atoms with Crippen molar-refractivity contribution in [1.29, 1.82) is 0 Å². The van der Waals surface area contributed by atoms with Crippen molar-refractivity contribution in [2.75, 3.05) is 39.9 Å². The maximum Gasteiger partial charge on any atom is 0.230 e. The SMILES string of the molecule is CNCC1CN(C(=O)C2CCOc3ccccc32)CCO1. The van der Waals surface area contributed by atoms with Gasteiger partial charge in [-0.15, -0.1) is 0 Å². The van der Waals surface area contributed by atoms with Crippen molar-refractivity contribution in [2.24, 2.45) is 0 Å². The van der Waals surface area contributed by atoms with Crippen LogP contribution in [0.25, 0.3) is 0 Å². The molecule has 0 radical (unpaired) electrons. The van der Waals surface area contributed by atoms with Gasteiger partial charge < -0.3 is 19.7 Å². The van der Waals surface area contributed by atoms with E-state index in [0.29, 0.717) is 26.3 Å². The zero-order chi connectivity index (χ0) is 14.7. The molecular weight excluding hydrogens is 268 g/mol. The van der Waals surface area contributed by atoms with Gasteiger partial charge in [-0.05, 0) is 19.5 Å². The summed E-state index contributed by atoms with van der Waals surface area (Å²) in [7, 11) is 1.90. The first kappa shape index (κ1) is 14.4. The van der Waals surface area contributed by atoms with Crippen LogP contribution in [0.5, 0.6) is 5.75 Å². The predicted molar refractivity (Wildman–Crippen MR) is 79.5 cm³/mol. The van der Waals surface area contributed by atoms with Crippen molar-refractivity contribution in [2.45, 2.75) is 18.4 Å². The molecule has 0 aromatic heterocycles. The Morgan fingerprint density at radius 2 is 2.24 bits per heavy atom. The Kier molecular flexibility index (Phi) is 4.41. The number of nitrogens with one attached hydrogen (secondary N) is 1. The summed E-state index contributed by atoms with van der Waals surface area (Å²) in [5, 5.41) is 3.11. The minimum atomic E-state index is -0.0803. The van der Waals surface area contributed by atoms with Gasteiger partial charge in [0, 0.05) is 25.2 Å². The number of ether oxygens (including phenoxy) is 2. The second kappa shape index (κ2) is 6.45. The van der Waals surface area contributed by atoms with E-state index in [1.54, 1.807) is 0 Å². The lowest BCUT2D eigenvalue weighted by molar-refractivity contribution is -0.140. The van der Waals surface area contributed by atoms with Crippen LogP contribution in [0.15, 0.2) is 24.3 Å². The third-order valence-corrected chi connectivity index (χ3v) is 4.14. The molecule has 5 heteroatoms. The first-order chi connectivity index (χ1) is 10.3. The third-order valence-electron chi connectivity index (χ3n) is 4.14. The quantitative estimate of drug-likeness (QED) is 0.902. The van der Waals surface area contributed by atoms with Gasteiger partial charge in [0.05, 0.1) is 25.2 Å². The number of carbonyl (C=O) groups excluding carboxylic acids is 1. The molecule has 2 unspecified atom stereocenters. The van der Waals surface area contributed by atoms with Gasteiger partial charge >= 0.3 is 0 Å². The molecule has 1 aromatic carbocycles. The molecule has 1 N–H and O–H groups in total. The number of morpholine rings is 1. The van der Waals surface area contributed by atoms with Gasteiger partial charge in [-0.2, -0.15) is 0 Å². The third kappa shape index (κ3) is 3.04. The minimum Gasteiger partial charge on any atom is -0.493 e. The summed E-state index contributed by atoms with van der Waals surface area (Å²) in [5.41, 5.74) is 1.02. The fourth-order valence-electron chi connectivity index (χ4n) is 3.09. The fourth-order valence-corrected chi connectivity index (χ4v) is 3.09. The number of carbonyl (C=O) groups is 1. The van der Waals surface area contributed by atoms with Crippen LogP contribution in [-0.4, -0.2) is 56.8 Å². The second-order valence-corrected chi connectivity index (χ2v) is 5.56. The van der Waals surface area contributed by atoms with Crippen molar-refractivity contribution >= 4 is 5.91 Å². The Morgan fingerprint density at radius 3 is 3.10 bits per heavy atom. The van der Waals surface area contributed by atoms with Crippen molar-refractivity contribution < 1.29 is 14.3 Å². The van der Waals surface area contributed by atoms with Crippen molar-refractivity contribution in [3.63, 3.8) is 0 Å². The molecule has 5 nitrogen and oxygen atoms in total. The number of likely N-dealkylation sites (N-methyl/N-ethyl adjacent to an activating group) is 1. The topological polar surface area (TPSA) is 50.8 Å². The number of fused-ring (bicyclic) bond motifs is 1. The van der Waals surface area contributed by atoms with Crippen molar-refractivity contribution in [3.05, 3.63) is 29.8 Å². The normalized spacial score (nSPS) is 25.1. The number of hydrogen-bond donors (Lipinski definition) is 1. The molecule has 0 saturated carbocycles. The Bertz CT molecular complexity index is 504. The maximum atomic E-state index is 12.9. The number of nitrogens with zero attached hydrogens (tertiary/aromatic N) is 1. The summed E-state index contributed by atoms with van der Waals surface area (Å²) in [6, 6.07) is 7.86. The molecular formula is C16H22N2O3. The lowest BCUT2D eigenvalue weighted by Crippen LogP contribution is -2.50. The van der Waals surface area contributed by atoms with E-state index < -0.39 is 0 Å². The molecule has 0 spiro atoms. The molecule has 2 heterocycles. The zero-order valence-corrected chi connectivity index (χ0v) is 12.4. The number of hydrogen-bond acceptors (Lipinski definition) is 4. The average molecular weight is 290 g/mol. The van der Waals surface area contributed by atoms with E-state index in [2.05, 4.69) is 5.32 Å². The van der Waals surface area contributed by atoms with Gasteiger partial charge in [-0.1, -0.05) is 18.2 Å². The second-order valence-electron chi connectivity index (χ2n) is 5.56. The van der Waals surface area contributed by atoms with Crippen LogP contribution >= 0.6 is 0 Å². The molecule has 1 fully saturated rings. The monoisotopic (exact) mass is 290 g/mol. The maximum absolute atomic E-state index is 12.9. The van der Waals surface area contributed by atoms with Crippen LogP contribution in [0.4, 0.5) is 0 Å². The van der Waals surface area contributed by atoms with Crippen LogP contribution in [0.2, 0.25) is 0 Å². The summed E-state index contributed by atoms with van der Waals surface area (Å²) in [5.74, 6) is 0.973. The van der Waals surface area contributed by atoms with Crippen LogP contribution in [-0.2, 0) is 9.53 Å². The van der Waals surface area contributed by atoms with Gasteiger partial charge in [0.15, 0.2) is 0 Å². The first-order valence-electron chi connectivity index (χ1n) is 7.56. The molecule has 2 atom stereocenters. The average Bonchev–Trinajstić information content (AvgIpc) is 2.54. The largest absolute Gasteiger partial charge is 0.493 e. The highest BCUT2D eigenvalue weighted by molar-refractivity contribution is 5.85. The Hall–Kier alpha value is -1.59. The molecule has 1 aromatic rings. The summed E-state index contributed by atoms with van der Waals surface area (Å²) in [6.07, 6.45) is 0.840. The molecule has 3 rings (SSSR count). The number of benzene rings is 1. The van der Waals surface area contributed by atoms with Gasteiger partial charge in [-0.3, -0.25) is 4.79 Å². The summed E-state index contributed by atoms with van der Waals surface area (Å²) < 4.78 is 11.3. The first-order valence-corrected chi connectivity index (χ1v) is 7.56. The highest BCUT2D eigenvalue weighted by Crippen LogP contribution is 2.34. The van der Waals surface area contributed by atoms with E-state index >= 15 is 0 Å². The van der Waals surface area contributed by atoms with E-state index in [-0.39, 0.29) is 17.9 Å². The number of rotatable bonds is 3. The molecule has 2 aliphatic heterocycles. The predicted octanol–water partition coefficient (Wildman–Crippen LogP) is 0.999. The van der Waals surface area contributed by atoms with Gasteiger partial charge in [-0.25, -0.2) is 0 Å². The van der Waals surface area contributed by atoms with Gasteiger partial charge in [0.25, 0.3) is 0 Å². The van der Waals surface area contributed by atoms with Gasteiger partial charge in [0.2, 0.25) is 5.91 Å². The lowest BCUT2D eigenvalue weighted by atomic mass is 9.91. The molecule has 114 valence electrons. The van der Waals surface area contributed by atoms with E-state index in [1.807, 2.05) is 36.2 Å². The Labute approximate surface area is 125 Å². The van der Waals surface area contributed by atoms with Crippen LogP contribution in [0.3, 0.4) is 0 Å². The standard InChI is InChI=1S/C16H22N2O3/c1-17-10-12-11-18(7-9-20-12)16(19)14-6-8-21-15-5-3-2-4-13(14)15/h2-5,12,14,17H,6-11H2,1H3. The Morgan fingerprint density at radius 1 is 1.38 bits per heavy atom. The molecule has 1 saturated heterocycles. The zero-order valence-electron chi connectivity index (χ0n) is 12.4. The van der Waals surface area contributed by atoms with Crippen LogP contribution < -0.4 is 10.1 Å². The smallest absolute Gasteiger partial charge is 0.230 e. The van der Waals surface area contributed by atoms with Crippen LogP contribution in [0.1, 0.15) is 17.9 Å². The highest BCUT2D eigenvalue weighted by atomic mass is 16.5. The molecule has 0 aliphatic carbocycles. The molecule has 21 heavy (non-hydrogen) atoms. The molecule has 0 bridgehead atoms. The molecule has 2 aliphatic rings. The summed E-state index contributed by atoms with van der Waals surface area (Å²) in [6.45, 7) is 3.34. The van der Waals surface area contributed by atoms with Crippen molar-refractivity contribution in [3.8, 4) is 5.75 Å². The van der Waals surface area contributed by atoms with Gasteiger partial charge in [0.1, 0.15) is 5.75 Å². The van der Waals surface area contributed by atoms with E-state index in [1.165, 1.54) is 0 Å². The van der Waals surface area contributed by atoms with E-state index in [9.17, 15) is 4.79 Å². The fraction of sp³-hybridized carbons (Fsp3) is 0.562. The molecule has 1 amide bonds. The Balaban J connectivity index is 1.74. The van der Waals surface area contributed by atoms with E-state index in [0.717, 1.165) is 24.3 Å². The van der Waals surface area contributed by atoms with Crippen LogP contribution in [0, 0.1) is 0 Å². The lowest BCUT2D eigenvalue weighted by Gasteiger charge is -2.36. The summed E-state index contributed by atoms with van der Waals surface area (Å²) in [4.78, 5) is 14.8. The minimum absolute atomic E-state index is 0.0803. The van der Waals surface area contributed by atoms with Crippen molar-refractivity contribution in [1.82, 2.24) is 10.2 Å². The summed E-state index contributed by atoms with van der Waals surface area (Å²) >= 11 is 0. The highest BCUT2D eigenvalue weighted by Gasteiger charge is 2.33. The number of para-hydroxylation sites is 1. The number of amides is 1.